The molecule has 0 aliphatic rings. The summed E-state index contributed by atoms with van der Waals surface area (Å²) in [5.74, 6) is -2.88. The van der Waals surface area contributed by atoms with E-state index in [9.17, 15) is 14.4 Å². The molecule has 1 unspecified atom stereocenters. The number of aromatic nitrogens is 2. The zero-order valence-corrected chi connectivity index (χ0v) is 15.5. The Morgan fingerprint density at radius 3 is 2.38 bits per heavy atom. The quantitative estimate of drug-likeness (QED) is 0.510. The van der Waals surface area contributed by atoms with Gasteiger partial charge in [-0.3, -0.25) is 9.59 Å². The number of carbonyl (C=O) groups excluding carboxylic acids is 2. The molecule has 1 aromatic heterocycles. The Hall–Kier alpha value is -4.12. The summed E-state index contributed by atoms with van der Waals surface area (Å²) in [6.07, 6.45) is 0. The van der Waals surface area contributed by atoms with Crippen molar-refractivity contribution in [2.45, 2.75) is 6.92 Å². The summed E-state index contributed by atoms with van der Waals surface area (Å²) in [7, 11) is 0. The Bertz CT molecular complexity index is 1210. The van der Waals surface area contributed by atoms with Crippen LogP contribution in [0.1, 0.15) is 17.4 Å². The van der Waals surface area contributed by atoms with E-state index in [0.717, 1.165) is 4.68 Å². The van der Waals surface area contributed by atoms with Crippen molar-refractivity contribution in [3.63, 3.8) is 0 Å². The van der Waals surface area contributed by atoms with Crippen LogP contribution in [-0.2, 0) is 9.53 Å². The molecule has 0 spiro atoms. The molecule has 29 heavy (non-hydrogen) atoms. The van der Waals surface area contributed by atoms with Crippen LogP contribution in [0.5, 0.6) is 0 Å². The number of nitriles is 1. The number of Topliss-reactive ketones (excluding diaryl/α,β-unsaturated/α-hetero) is 1. The first-order chi connectivity index (χ1) is 13.9. The van der Waals surface area contributed by atoms with Gasteiger partial charge in [-0.1, -0.05) is 36.4 Å². The number of ketones is 1. The number of ether oxygens (including phenoxy) is 1. The molecule has 3 rings (SSSR count). The number of rotatable bonds is 6. The van der Waals surface area contributed by atoms with E-state index < -0.39 is 29.8 Å². The Labute approximate surface area is 165 Å². The van der Waals surface area contributed by atoms with Gasteiger partial charge in [0.05, 0.1) is 17.1 Å². The van der Waals surface area contributed by atoms with Crippen LogP contribution in [0, 0.1) is 22.7 Å². The first kappa shape index (κ1) is 19.6. The number of hydrogen-bond donors (Lipinski definition) is 1. The molecule has 3 aromatic rings. The molecule has 0 radical (unpaired) electrons. The molecule has 1 atom stereocenters. The molecular weight excluding hydrogens is 372 g/mol. The molecule has 1 N–H and O–H groups in total. The third-order valence-corrected chi connectivity index (χ3v) is 4.23. The van der Waals surface area contributed by atoms with Gasteiger partial charge in [-0.25, -0.2) is 4.79 Å². The van der Waals surface area contributed by atoms with Gasteiger partial charge in [0.1, 0.15) is 5.92 Å². The fourth-order valence-electron chi connectivity index (χ4n) is 2.78. The molecule has 2 aromatic carbocycles. The highest BCUT2D eigenvalue weighted by molar-refractivity contribution is 6.07. The summed E-state index contributed by atoms with van der Waals surface area (Å²) in [6.45, 7) is 0.659. The molecule has 0 aliphatic heterocycles. The maximum atomic E-state index is 12.8. The van der Waals surface area contributed by atoms with Crippen molar-refractivity contribution in [3.05, 3.63) is 70.6 Å². The van der Waals surface area contributed by atoms with Crippen molar-refractivity contribution in [1.29, 1.82) is 10.7 Å². The molecule has 0 fully saturated rings. The van der Waals surface area contributed by atoms with Crippen LogP contribution in [0.2, 0.25) is 0 Å². The average Bonchev–Trinajstić information content (AvgIpc) is 2.73. The van der Waals surface area contributed by atoms with Crippen LogP contribution in [-0.4, -0.2) is 33.9 Å². The van der Waals surface area contributed by atoms with Crippen LogP contribution in [0.4, 0.5) is 0 Å². The predicted octanol–water partition coefficient (Wildman–Crippen LogP) is 2.29. The van der Waals surface area contributed by atoms with Crippen LogP contribution < -0.4 is 5.56 Å². The number of carbonyl (C=O) groups is 2. The Morgan fingerprint density at radius 1 is 1.14 bits per heavy atom. The monoisotopic (exact) mass is 388 g/mol. The zero-order chi connectivity index (χ0) is 21.0. The molecule has 8 heteroatoms. The summed E-state index contributed by atoms with van der Waals surface area (Å²) in [4.78, 5) is 37.5. The van der Waals surface area contributed by atoms with Gasteiger partial charge in [0.2, 0.25) is 0 Å². The largest absolute Gasteiger partial charge is 0.453 e. The number of para-hydroxylation sites is 1. The molecule has 0 saturated heterocycles. The summed E-state index contributed by atoms with van der Waals surface area (Å²) in [6, 6.07) is 16.8. The van der Waals surface area contributed by atoms with Crippen LogP contribution in [0.25, 0.3) is 16.5 Å². The van der Waals surface area contributed by atoms with E-state index in [2.05, 4.69) is 5.10 Å². The van der Waals surface area contributed by atoms with Gasteiger partial charge < -0.3 is 10.1 Å². The molecule has 0 bridgehead atoms. The second kappa shape index (κ2) is 8.27. The smallest absolute Gasteiger partial charge is 0.359 e. The number of esters is 1. The molecular formula is C21H16N4O4. The lowest BCUT2D eigenvalue weighted by molar-refractivity contribution is -0.122. The van der Waals surface area contributed by atoms with E-state index >= 15 is 0 Å². The van der Waals surface area contributed by atoms with Crippen LogP contribution in [0.15, 0.2) is 59.4 Å². The highest BCUT2D eigenvalue weighted by Gasteiger charge is 2.24. The summed E-state index contributed by atoms with van der Waals surface area (Å²) >= 11 is 0. The average molecular weight is 388 g/mol. The fraction of sp³-hybridized carbons (Fsp3) is 0.143. The summed E-state index contributed by atoms with van der Waals surface area (Å²) < 4.78 is 6.15. The van der Waals surface area contributed by atoms with Gasteiger partial charge in [-0.15, -0.1) is 0 Å². The molecule has 144 valence electrons. The van der Waals surface area contributed by atoms with E-state index in [-0.39, 0.29) is 16.8 Å². The second-order valence-electron chi connectivity index (χ2n) is 6.23. The number of nitrogens with zero attached hydrogens (tertiary/aromatic N) is 3. The number of fused-ring (bicyclic) bond motifs is 1. The van der Waals surface area contributed by atoms with Crippen LogP contribution >= 0.6 is 0 Å². The molecule has 0 aliphatic carbocycles. The van der Waals surface area contributed by atoms with Crippen molar-refractivity contribution < 1.29 is 14.3 Å². The maximum Gasteiger partial charge on any atom is 0.359 e. The standard InChI is InChI=1S/C21H16N4O4/c1-13(23)17(11-22)18(26)12-29-21(28)19-15-9-5-6-10-16(15)20(27)25(24-19)14-7-3-2-4-8-14/h2-10,17,23H,12H2,1H3. The van der Waals surface area contributed by atoms with Gasteiger partial charge in [0.25, 0.3) is 5.56 Å². The van der Waals surface area contributed by atoms with Gasteiger partial charge >= 0.3 is 5.97 Å². The Morgan fingerprint density at radius 2 is 1.76 bits per heavy atom. The van der Waals surface area contributed by atoms with E-state index in [1.54, 1.807) is 60.7 Å². The topological polar surface area (TPSA) is 126 Å². The zero-order valence-electron chi connectivity index (χ0n) is 15.5. The lowest BCUT2D eigenvalue weighted by Crippen LogP contribution is -2.28. The Kier molecular flexibility index (Phi) is 5.60. The molecule has 1 heterocycles. The number of benzene rings is 2. The summed E-state index contributed by atoms with van der Waals surface area (Å²) in [5.41, 5.74) is -0.188. The SMILES string of the molecule is CC(=N)C(C#N)C(=O)COC(=O)c1nn(-c2ccccc2)c(=O)c2ccccc12. The molecule has 0 amide bonds. The Balaban J connectivity index is 2.01. The lowest BCUT2D eigenvalue weighted by atomic mass is 10.0. The van der Waals surface area contributed by atoms with E-state index in [4.69, 9.17) is 15.4 Å². The van der Waals surface area contributed by atoms with Gasteiger partial charge in [0.15, 0.2) is 18.1 Å². The van der Waals surface area contributed by atoms with Crippen molar-refractivity contribution in [3.8, 4) is 11.8 Å². The third kappa shape index (κ3) is 3.94. The minimum atomic E-state index is -1.27. The minimum absolute atomic E-state index is 0.128. The first-order valence-electron chi connectivity index (χ1n) is 8.66. The highest BCUT2D eigenvalue weighted by atomic mass is 16.5. The summed E-state index contributed by atoms with van der Waals surface area (Å²) in [5, 5.41) is 21.2. The van der Waals surface area contributed by atoms with Gasteiger partial charge in [-0.2, -0.15) is 15.0 Å². The van der Waals surface area contributed by atoms with Crippen molar-refractivity contribution in [2.24, 2.45) is 5.92 Å². The first-order valence-corrected chi connectivity index (χ1v) is 8.66. The van der Waals surface area contributed by atoms with Gasteiger partial charge in [-0.05, 0) is 25.1 Å². The van der Waals surface area contributed by atoms with Gasteiger partial charge in [0, 0.05) is 11.1 Å². The maximum absolute atomic E-state index is 12.8. The van der Waals surface area contributed by atoms with Crippen LogP contribution in [0.3, 0.4) is 0 Å². The number of nitrogens with one attached hydrogen (secondary N) is 1. The third-order valence-electron chi connectivity index (χ3n) is 4.23. The fourth-order valence-corrected chi connectivity index (χ4v) is 2.78. The number of hydrogen-bond acceptors (Lipinski definition) is 7. The molecule has 8 nitrogen and oxygen atoms in total. The lowest BCUT2D eigenvalue weighted by Gasteiger charge is -2.11. The molecule has 0 saturated carbocycles. The predicted molar refractivity (Wildman–Crippen MR) is 105 cm³/mol. The van der Waals surface area contributed by atoms with Crippen molar-refractivity contribution >= 4 is 28.2 Å². The second-order valence-corrected chi connectivity index (χ2v) is 6.23. The minimum Gasteiger partial charge on any atom is -0.453 e. The van der Waals surface area contributed by atoms with Crippen molar-refractivity contribution in [2.75, 3.05) is 6.61 Å². The van der Waals surface area contributed by atoms with E-state index in [1.807, 2.05) is 0 Å². The normalized spacial score (nSPS) is 11.4. The highest BCUT2D eigenvalue weighted by Crippen LogP contribution is 2.16. The van der Waals surface area contributed by atoms with E-state index in [1.165, 1.54) is 6.92 Å². The van der Waals surface area contributed by atoms with E-state index in [0.29, 0.717) is 11.1 Å². The van der Waals surface area contributed by atoms with Crippen molar-refractivity contribution in [1.82, 2.24) is 9.78 Å².